The summed E-state index contributed by atoms with van der Waals surface area (Å²) < 4.78 is 5.54. The number of hydrogen-bond donors (Lipinski definition) is 1. The quantitative estimate of drug-likeness (QED) is 0.539. The van der Waals surface area contributed by atoms with Crippen LogP contribution in [0.1, 0.15) is 41.6 Å². The Kier molecular flexibility index (Phi) is 7.86. The summed E-state index contributed by atoms with van der Waals surface area (Å²) in [6.45, 7) is 8.67. The summed E-state index contributed by atoms with van der Waals surface area (Å²) in [7, 11) is 0. The summed E-state index contributed by atoms with van der Waals surface area (Å²) in [5.74, 6) is 0.946. The molecule has 0 saturated carbocycles. The standard InChI is InChI=1S/C31H39N5O2/c37-31(32-25-10-14-34(15-11-25)23-24-6-2-1-3-7-24)28-22-30(33-29-9-5-4-8-27(28)29)36-16-12-26(13-17-36)35-18-20-38-21-19-35/h1-9,22,25-26H,10-21,23H2,(H,32,37). The maximum Gasteiger partial charge on any atom is 0.252 e. The van der Waals surface area contributed by atoms with Gasteiger partial charge in [0.05, 0.1) is 24.3 Å². The summed E-state index contributed by atoms with van der Waals surface area (Å²) in [6, 6.07) is 21.5. The number of amides is 1. The third kappa shape index (κ3) is 5.85. The van der Waals surface area contributed by atoms with Gasteiger partial charge in [0, 0.05) is 63.3 Å². The lowest BCUT2D eigenvalue weighted by Gasteiger charge is -2.40. The molecule has 4 heterocycles. The van der Waals surface area contributed by atoms with E-state index < -0.39 is 0 Å². The number of fused-ring (bicyclic) bond motifs is 1. The number of hydrogen-bond acceptors (Lipinski definition) is 6. The van der Waals surface area contributed by atoms with Crippen LogP contribution in [0.5, 0.6) is 0 Å². The van der Waals surface area contributed by atoms with Gasteiger partial charge >= 0.3 is 0 Å². The number of aromatic nitrogens is 1. The van der Waals surface area contributed by atoms with Crippen LogP contribution in [-0.2, 0) is 11.3 Å². The number of nitrogens with one attached hydrogen (secondary N) is 1. The van der Waals surface area contributed by atoms with Gasteiger partial charge in [-0.05, 0) is 43.4 Å². The van der Waals surface area contributed by atoms with Crippen molar-refractivity contribution in [1.29, 1.82) is 0 Å². The number of rotatable bonds is 6. The van der Waals surface area contributed by atoms with Crippen molar-refractivity contribution in [3.05, 3.63) is 71.8 Å². The Labute approximate surface area is 225 Å². The van der Waals surface area contributed by atoms with E-state index in [1.807, 2.05) is 30.3 Å². The van der Waals surface area contributed by atoms with Gasteiger partial charge in [-0.25, -0.2) is 4.98 Å². The van der Waals surface area contributed by atoms with E-state index in [2.05, 4.69) is 50.3 Å². The molecule has 3 fully saturated rings. The number of likely N-dealkylation sites (tertiary alicyclic amines) is 1. The normalized spacial score (nSPS) is 20.6. The van der Waals surface area contributed by atoms with Gasteiger partial charge < -0.3 is 15.0 Å². The number of nitrogens with zero attached hydrogens (tertiary/aromatic N) is 4. The van der Waals surface area contributed by atoms with Crippen LogP contribution >= 0.6 is 0 Å². The van der Waals surface area contributed by atoms with Crippen molar-refractivity contribution in [3.63, 3.8) is 0 Å². The number of morpholine rings is 1. The van der Waals surface area contributed by atoms with Gasteiger partial charge in [0.2, 0.25) is 0 Å². The van der Waals surface area contributed by atoms with E-state index in [0.717, 1.165) is 107 Å². The first-order chi connectivity index (χ1) is 18.7. The Morgan fingerprint density at radius 1 is 0.868 bits per heavy atom. The molecule has 3 aliphatic rings. The Balaban J connectivity index is 1.11. The van der Waals surface area contributed by atoms with Crippen LogP contribution in [-0.4, -0.2) is 85.3 Å². The molecule has 6 rings (SSSR count). The van der Waals surface area contributed by atoms with Crippen LogP contribution in [0.4, 0.5) is 5.82 Å². The summed E-state index contributed by atoms with van der Waals surface area (Å²) in [6.07, 6.45) is 4.20. The number of carbonyl (C=O) groups is 1. The highest BCUT2D eigenvalue weighted by Gasteiger charge is 2.28. The van der Waals surface area contributed by atoms with Gasteiger partial charge in [0.15, 0.2) is 0 Å². The fourth-order valence-corrected chi connectivity index (χ4v) is 6.25. The van der Waals surface area contributed by atoms with Crippen LogP contribution in [0.25, 0.3) is 10.9 Å². The number of para-hydroxylation sites is 1. The van der Waals surface area contributed by atoms with Gasteiger partial charge in [-0.3, -0.25) is 14.6 Å². The highest BCUT2D eigenvalue weighted by molar-refractivity contribution is 6.07. The fourth-order valence-electron chi connectivity index (χ4n) is 6.25. The Morgan fingerprint density at radius 2 is 1.58 bits per heavy atom. The zero-order valence-corrected chi connectivity index (χ0v) is 22.2. The van der Waals surface area contributed by atoms with Crippen molar-refractivity contribution >= 4 is 22.6 Å². The van der Waals surface area contributed by atoms with Crippen LogP contribution in [0.15, 0.2) is 60.7 Å². The summed E-state index contributed by atoms with van der Waals surface area (Å²) >= 11 is 0. The van der Waals surface area contributed by atoms with E-state index in [9.17, 15) is 4.79 Å². The molecule has 3 saturated heterocycles. The van der Waals surface area contributed by atoms with Gasteiger partial charge in [-0.2, -0.15) is 0 Å². The predicted molar refractivity (Wildman–Crippen MR) is 152 cm³/mol. The lowest BCUT2D eigenvalue weighted by atomic mass is 10.0. The molecule has 3 aromatic rings. The van der Waals surface area contributed by atoms with E-state index in [1.165, 1.54) is 5.56 Å². The molecular weight excluding hydrogens is 474 g/mol. The highest BCUT2D eigenvalue weighted by Crippen LogP contribution is 2.27. The zero-order valence-electron chi connectivity index (χ0n) is 22.2. The third-order valence-corrected chi connectivity index (χ3v) is 8.47. The number of piperidine rings is 2. The molecular formula is C31H39N5O2. The fraction of sp³-hybridized carbons (Fsp3) is 0.484. The van der Waals surface area contributed by atoms with Gasteiger partial charge in [-0.15, -0.1) is 0 Å². The lowest BCUT2D eigenvalue weighted by molar-refractivity contribution is 0.0115. The average Bonchev–Trinajstić information content (AvgIpc) is 2.98. The largest absolute Gasteiger partial charge is 0.379 e. The van der Waals surface area contributed by atoms with Crippen molar-refractivity contribution in [2.45, 2.75) is 44.3 Å². The minimum atomic E-state index is 0.0227. The second-order valence-electron chi connectivity index (χ2n) is 10.9. The molecule has 0 aliphatic carbocycles. The second-order valence-corrected chi connectivity index (χ2v) is 10.9. The van der Waals surface area contributed by atoms with E-state index in [1.54, 1.807) is 0 Å². The molecule has 2 aromatic carbocycles. The zero-order chi connectivity index (χ0) is 25.7. The van der Waals surface area contributed by atoms with Crippen molar-refractivity contribution in [3.8, 4) is 0 Å². The number of benzene rings is 2. The van der Waals surface area contributed by atoms with Gasteiger partial charge in [0.25, 0.3) is 5.91 Å². The second kappa shape index (κ2) is 11.8. The Hall–Kier alpha value is -3.00. The Morgan fingerprint density at radius 3 is 2.34 bits per heavy atom. The van der Waals surface area contributed by atoms with E-state index in [-0.39, 0.29) is 11.9 Å². The summed E-state index contributed by atoms with van der Waals surface area (Å²) in [5, 5.41) is 4.29. The number of anilines is 1. The minimum Gasteiger partial charge on any atom is -0.379 e. The molecule has 0 bridgehead atoms. The average molecular weight is 514 g/mol. The summed E-state index contributed by atoms with van der Waals surface area (Å²) in [4.78, 5) is 26.0. The van der Waals surface area contributed by atoms with Crippen LogP contribution in [0.3, 0.4) is 0 Å². The van der Waals surface area contributed by atoms with Crippen molar-refractivity contribution < 1.29 is 9.53 Å². The van der Waals surface area contributed by atoms with Gasteiger partial charge in [-0.1, -0.05) is 48.5 Å². The minimum absolute atomic E-state index is 0.0227. The maximum absolute atomic E-state index is 13.6. The van der Waals surface area contributed by atoms with E-state index >= 15 is 0 Å². The van der Waals surface area contributed by atoms with Crippen LogP contribution < -0.4 is 10.2 Å². The molecule has 1 amide bonds. The molecule has 0 unspecified atom stereocenters. The van der Waals surface area contributed by atoms with Gasteiger partial charge in [0.1, 0.15) is 5.82 Å². The molecule has 200 valence electrons. The molecule has 38 heavy (non-hydrogen) atoms. The molecule has 7 heteroatoms. The number of ether oxygens (including phenoxy) is 1. The molecule has 0 atom stereocenters. The van der Waals surface area contributed by atoms with Crippen molar-refractivity contribution in [1.82, 2.24) is 20.1 Å². The molecule has 3 aliphatic heterocycles. The highest BCUT2D eigenvalue weighted by atomic mass is 16.5. The molecule has 0 spiro atoms. The van der Waals surface area contributed by atoms with Crippen LogP contribution in [0.2, 0.25) is 0 Å². The molecule has 0 radical (unpaired) electrons. The monoisotopic (exact) mass is 513 g/mol. The maximum atomic E-state index is 13.6. The first-order valence-electron chi connectivity index (χ1n) is 14.3. The number of carbonyl (C=O) groups excluding carboxylic acids is 1. The SMILES string of the molecule is O=C(NC1CCN(Cc2ccccc2)CC1)c1cc(N2CCC(N3CCOCC3)CC2)nc2ccccc12. The lowest BCUT2D eigenvalue weighted by Crippen LogP contribution is -2.49. The topological polar surface area (TPSA) is 60.9 Å². The molecule has 1 aromatic heterocycles. The summed E-state index contributed by atoms with van der Waals surface area (Å²) in [5.41, 5.74) is 2.98. The van der Waals surface area contributed by atoms with E-state index in [4.69, 9.17) is 9.72 Å². The van der Waals surface area contributed by atoms with E-state index in [0.29, 0.717) is 6.04 Å². The van der Waals surface area contributed by atoms with Crippen LogP contribution in [0, 0.1) is 0 Å². The predicted octanol–water partition coefficient (Wildman–Crippen LogP) is 3.93. The molecule has 1 N–H and O–H groups in total. The first kappa shape index (κ1) is 25.3. The smallest absolute Gasteiger partial charge is 0.252 e. The van der Waals surface area contributed by atoms with Crippen molar-refractivity contribution in [2.75, 3.05) is 57.4 Å². The number of pyridine rings is 1. The Bertz CT molecular complexity index is 1210. The first-order valence-corrected chi connectivity index (χ1v) is 14.3. The third-order valence-electron chi connectivity index (χ3n) is 8.47. The van der Waals surface area contributed by atoms with Crippen molar-refractivity contribution in [2.24, 2.45) is 0 Å². The molecule has 7 nitrogen and oxygen atoms in total.